The third kappa shape index (κ3) is 3.85. The van der Waals surface area contributed by atoms with Gasteiger partial charge in [-0.25, -0.2) is 0 Å². The smallest absolute Gasteiger partial charge is 0.217 e. The van der Waals surface area contributed by atoms with Crippen LogP contribution in [0.1, 0.15) is 49.8 Å². The highest BCUT2D eigenvalue weighted by Gasteiger charge is 2.28. The zero-order valence-electron chi connectivity index (χ0n) is 15.4. The zero-order chi connectivity index (χ0) is 18.1. The van der Waals surface area contributed by atoms with E-state index in [1.54, 1.807) is 6.92 Å². The Morgan fingerprint density at radius 3 is 2.31 bits per heavy atom. The zero-order valence-corrected chi connectivity index (χ0v) is 15.4. The Bertz CT molecular complexity index is 760. The van der Waals surface area contributed by atoms with E-state index in [1.807, 2.05) is 6.92 Å². The molecule has 1 aliphatic carbocycles. The molecule has 1 saturated carbocycles. The summed E-state index contributed by atoms with van der Waals surface area (Å²) in [5, 5.41) is 2.93. The van der Waals surface area contributed by atoms with Gasteiger partial charge in [0.15, 0.2) is 0 Å². The summed E-state index contributed by atoms with van der Waals surface area (Å²) in [6.45, 7) is 5.66. The van der Waals surface area contributed by atoms with Gasteiger partial charge in [-0.05, 0) is 55.2 Å². The van der Waals surface area contributed by atoms with E-state index in [-0.39, 0.29) is 11.9 Å². The van der Waals surface area contributed by atoms with Crippen molar-refractivity contribution in [2.75, 3.05) is 18.0 Å². The number of rotatable bonds is 6. The minimum absolute atomic E-state index is 0.00441. The van der Waals surface area contributed by atoms with Gasteiger partial charge in [-0.2, -0.15) is 0 Å². The number of amides is 1. The third-order valence-electron chi connectivity index (χ3n) is 5.24. The lowest BCUT2D eigenvalue weighted by Crippen LogP contribution is -2.45. The number of carbonyl (C=O) groups excluding carboxylic acids is 1. The van der Waals surface area contributed by atoms with Gasteiger partial charge in [0, 0.05) is 31.6 Å². The summed E-state index contributed by atoms with van der Waals surface area (Å²) in [6, 6.07) is 17.2. The Morgan fingerprint density at radius 2 is 1.73 bits per heavy atom. The van der Waals surface area contributed by atoms with E-state index in [4.69, 9.17) is 4.74 Å². The summed E-state index contributed by atoms with van der Waals surface area (Å²) >= 11 is 0. The molecule has 1 heterocycles. The summed E-state index contributed by atoms with van der Waals surface area (Å²) in [4.78, 5) is 13.6. The second kappa shape index (κ2) is 7.02. The van der Waals surface area contributed by atoms with E-state index in [0.717, 1.165) is 24.4 Å². The number of nitrogens with zero attached hydrogens (tertiary/aromatic N) is 1. The van der Waals surface area contributed by atoms with E-state index < -0.39 is 0 Å². The van der Waals surface area contributed by atoms with Gasteiger partial charge in [-0.1, -0.05) is 24.3 Å². The van der Waals surface area contributed by atoms with E-state index >= 15 is 0 Å². The number of nitrogens with one attached hydrogen (secondary N) is 1. The molecule has 2 fully saturated rings. The SMILES string of the molecule is CC(=O)N[C@@H](C)c1ccc(C2CN(c3ccc(OC4CC4)cc3)C2)cc1. The van der Waals surface area contributed by atoms with Crippen LogP contribution in [0.5, 0.6) is 5.75 Å². The quantitative estimate of drug-likeness (QED) is 0.855. The van der Waals surface area contributed by atoms with Crippen molar-refractivity contribution in [3.8, 4) is 5.75 Å². The molecule has 4 rings (SSSR count). The van der Waals surface area contributed by atoms with Crippen molar-refractivity contribution in [3.63, 3.8) is 0 Å². The summed E-state index contributed by atoms with van der Waals surface area (Å²) in [5.41, 5.74) is 3.78. The van der Waals surface area contributed by atoms with Crippen LogP contribution in [-0.4, -0.2) is 25.1 Å². The van der Waals surface area contributed by atoms with Crippen LogP contribution < -0.4 is 15.0 Å². The summed E-state index contributed by atoms with van der Waals surface area (Å²) < 4.78 is 5.81. The molecule has 2 aromatic rings. The highest BCUT2D eigenvalue weighted by molar-refractivity contribution is 5.73. The van der Waals surface area contributed by atoms with Crippen LogP contribution in [0.15, 0.2) is 48.5 Å². The fraction of sp³-hybridized carbons (Fsp3) is 0.409. The molecule has 2 aliphatic rings. The Kier molecular flexibility index (Phi) is 4.58. The maximum Gasteiger partial charge on any atom is 0.217 e. The van der Waals surface area contributed by atoms with E-state index in [9.17, 15) is 4.79 Å². The first kappa shape index (κ1) is 17.0. The van der Waals surface area contributed by atoms with E-state index in [0.29, 0.717) is 12.0 Å². The van der Waals surface area contributed by atoms with Crippen LogP contribution in [0.25, 0.3) is 0 Å². The minimum atomic E-state index is 0.00441. The number of benzene rings is 2. The van der Waals surface area contributed by atoms with Gasteiger partial charge < -0.3 is 15.0 Å². The van der Waals surface area contributed by atoms with Crippen LogP contribution in [0, 0.1) is 0 Å². The number of ether oxygens (including phenoxy) is 1. The van der Waals surface area contributed by atoms with Gasteiger partial charge in [0.1, 0.15) is 5.75 Å². The molecule has 4 heteroatoms. The molecule has 1 aliphatic heterocycles. The second-order valence-corrected chi connectivity index (χ2v) is 7.50. The van der Waals surface area contributed by atoms with Crippen LogP contribution in [0.2, 0.25) is 0 Å². The normalized spacial score (nSPS) is 18.2. The van der Waals surface area contributed by atoms with Gasteiger partial charge in [-0.3, -0.25) is 4.79 Å². The fourth-order valence-corrected chi connectivity index (χ4v) is 3.46. The van der Waals surface area contributed by atoms with Gasteiger partial charge in [0.25, 0.3) is 0 Å². The van der Waals surface area contributed by atoms with Crippen molar-refractivity contribution in [1.82, 2.24) is 5.32 Å². The predicted octanol–water partition coefficient (Wildman–Crippen LogP) is 4.03. The minimum Gasteiger partial charge on any atom is -0.490 e. The topological polar surface area (TPSA) is 41.6 Å². The highest BCUT2D eigenvalue weighted by atomic mass is 16.5. The van der Waals surface area contributed by atoms with Gasteiger partial charge in [-0.15, -0.1) is 0 Å². The van der Waals surface area contributed by atoms with E-state index in [1.165, 1.54) is 24.1 Å². The molecule has 0 radical (unpaired) electrons. The van der Waals surface area contributed by atoms with Crippen LogP contribution in [-0.2, 0) is 4.79 Å². The van der Waals surface area contributed by atoms with Crippen molar-refractivity contribution in [2.45, 2.75) is 44.8 Å². The summed E-state index contributed by atoms with van der Waals surface area (Å²) in [6.07, 6.45) is 2.83. The van der Waals surface area contributed by atoms with Crippen molar-refractivity contribution in [3.05, 3.63) is 59.7 Å². The maximum atomic E-state index is 11.2. The van der Waals surface area contributed by atoms with Gasteiger partial charge in [0.05, 0.1) is 12.1 Å². The molecular weight excluding hydrogens is 324 g/mol. The Balaban J connectivity index is 1.31. The average Bonchev–Trinajstić information content (AvgIpc) is 3.39. The Hall–Kier alpha value is -2.49. The molecule has 1 atom stereocenters. The fourth-order valence-electron chi connectivity index (χ4n) is 3.46. The number of anilines is 1. The molecule has 0 unspecified atom stereocenters. The van der Waals surface area contributed by atoms with Crippen LogP contribution in [0.4, 0.5) is 5.69 Å². The molecule has 1 N–H and O–H groups in total. The monoisotopic (exact) mass is 350 g/mol. The summed E-state index contributed by atoms with van der Waals surface area (Å²) in [5.74, 6) is 1.56. The van der Waals surface area contributed by atoms with Crippen molar-refractivity contribution in [2.24, 2.45) is 0 Å². The van der Waals surface area contributed by atoms with Crippen molar-refractivity contribution >= 4 is 11.6 Å². The average molecular weight is 350 g/mol. The van der Waals surface area contributed by atoms with Crippen LogP contribution >= 0.6 is 0 Å². The molecule has 136 valence electrons. The lowest BCUT2D eigenvalue weighted by Gasteiger charge is -2.41. The first-order valence-electron chi connectivity index (χ1n) is 9.47. The second-order valence-electron chi connectivity index (χ2n) is 7.50. The molecule has 2 aromatic carbocycles. The van der Waals surface area contributed by atoms with Gasteiger partial charge >= 0.3 is 0 Å². The number of carbonyl (C=O) groups is 1. The largest absolute Gasteiger partial charge is 0.490 e. The predicted molar refractivity (Wildman–Crippen MR) is 104 cm³/mol. The maximum absolute atomic E-state index is 11.2. The standard InChI is InChI=1S/C22H26N2O2/c1-15(23-16(2)25)17-3-5-18(6-4-17)19-13-24(14-19)20-7-9-21(10-8-20)26-22-11-12-22/h3-10,15,19,22H,11-14H2,1-2H3,(H,23,25)/t15-/m0/s1. The molecule has 1 saturated heterocycles. The number of hydrogen-bond donors (Lipinski definition) is 1. The highest BCUT2D eigenvalue weighted by Crippen LogP contribution is 2.34. The molecule has 1 amide bonds. The Morgan fingerprint density at radius 1 is 1.08 bits per heavy atom. The molecule has 4 nitrogen and oxygen atoms in total. The van der Waals surface area contributed by atoms with Crippen molar-refractivity contribution in [1.29, 1.82) is 0 Å². The molecular formula is C22H26N2O2. The lowest BCUT2D eigenvalue weighted by atomic mass is 9.90. The first-order chi connectivity index (χ1) is 12.6. The van der Waals surface area contributed by atoms with E-state index in [2.05, 4.69) is 58.7 Å². The van der Waals surface area contributed by atoms with Crippen molar-refractivity contribution < 1.29 is 9.53 Å². The number of hydrogen-bond acceptors (Lipinski definition) is 3. The van der Waals surface area contributed by atoms with Gasteiger partial charge in [0.2, 0.25) is 5.91 Å². The first-order valence-corrected chi connectivity index (χ1v) is 9.47. The lowest BCUT2D eigenvalue weighted by molar-refractivity contribution is -0.119. The molecule has 0 spiro atoms. The summed E-state index contributed by atoms with van der Waals surface area (Å²) in [7, 11) is 0. The molecule has 0 bridgehead atoms. The Labute approximate surface area is 155 Å². The molecule has 26 heavy (non-hydrogen) atoms. The third-order valence-corrected chi connectivity index (χ3v) is 5.24. The van der Waals surface area contributed by atoms with Crippen LogP contribution in [0.3, 0.4) is 0 Å². The molecule has 0 aromatic heterocycles.